The van der Waals surface area contributed by atoms with Gasteiger partial charge in [-0.15, -0.1) is 0 Å². The van der Waals surface area contributed by atoms with Gasteiger partial charge in [-0.2, -0.15) is 4.98 Å². The quantitative estimate of drug-likeness (QED) is 0.504. The Labute approximate surface area is 141 Å². The van der Waals surface area contributed by atoms with E-state index in [9.17, 15) is 4.79 Å². The number of rotatable bonds is 2. The van der Waals surface area contributed by atoms with Gasteiger partial charge in [0.2, 0.25) is 5.82 Å². The van der Waals surface area contributed by atoms with Gasteiger partial charge in [0, 0.05) is 10.9 Å². The molecule has 118 valence electrons. The minimum atomic E-state index is -0.527. The molecule has 0 N–H and O–H groups in total. The summed E-state index contributed by atoms with van der Waals surface area (Å²) < 4.78 is 10.6. The Morgan fingerprint density at radius 3 is 2.71 bits per heavy atom. The van der Waals surface area contributed by atoms with Crippen LogP contribution in [0.1, 0.15) is 5.56 Å². The summed E-state index contributed by atoms with van der Waals surface area (Å²) in [4.78, 5) is 16.5. The Morgan fingerprint density at radius 1 is 1.04 bits per heavy atom. The fraction of sp³-hybridized carbons (Fsp3) is 0.0556. The molecule has 0 atom stereocenters. The van der Waals surface area contributed by atoms with Crippen molar-refractivity contribution in [3.05, 3.63) is 69.5 Å². The molecule has 0 saturated heterocycles. The van der Waals surface area contributed by atoms with E-state index in [0.717, 1.165) is 10.9 Å². The zero-order valence-corrected chi connectivity index (χ0v) is 13.4. The molecule has 5 nitrogen and oxygen atoms in total. The molecule has 0 saturated carbocycles. The van der Waals surface area contributed by atoms with Crippen molar-refractivity contribution in [3.8, 4) is 22.8 Å². The predicted octanol–water partition coefficient (Wildman–Crippen LogP) is 4.47. The Balaban J connectivity index is 1.85. The summed E-state index contributed by atoms with van der Waals surface area (Å²) in [5, 5.41) is 5.21. The van der Waals surface area contributed by atoms with Crippen LogP contribution in [0.3, 0.4) is 0 Å². The lowest BCUT2D eigenvalue weighted by Gasteiger charge is -1.99. The van der Waals surface area contributed by atoms with Gasteiger partial charge in [0.05, 0.1) is 5.02 Å². The van der Waals surface area contributed by atoms with Crippen molar-refractivity contribution < 1.29 is 8.94 Å². The normalized spacial score (nSPS) is 11.1. The summed E-state index contributed by atoms with van der Waals surface area (Å²) in [5.41, 5.74) is 1.90. The Hall–Kier alpha value is -2.92. The minimum Gasteiger partial charge on any atom is -0.422 e. The monoisotopic (exact) mass is 338 g/mol. The van der Waals surface area contributed by atoms with E-state index in [4.69, 9.17) is 20.5 Å². The van der Waals surface area contributed by atoms with Crippen molar-refractivity contribution in [2.24, 2.45) is 0 Å². The van der Waals surface area contributed by atoms with Gasteiger partial charge in [-0.3, -0.25) is 0 Å². The third-order valence-corrected chi connectivity index (χ3v) is 3.99. The third kappa shape index (κ3) is 2.49. The van der Waals surface area contributed by atoms with Crippen molar-refractivity contribution in [2.45, 2.75) is 6.92 Å². The first-order valence-corrected chi connectivity index (χ1v) is 7.63. The third-order valence-electron chi connectivity index (χ3n) is 3.66. The second-order valence-corrected chi connectivity index (χ2v) is 5.80. The highest BCUT2D eigenvalue weighted by Gasteiger charge is 2.17. The predicted molar refractivity (Wildman–Crippen MR) is 91.0 cm³/mol. The molecule has 2 aromatic heterocycles. The average molecular weight is 339 g/mol. The largest absolute Gasteiger partial charge is 0.422 e. The van der Waals surface area contributed by atoms with E-state index in [0.29, 0.717) is 22.0 Å². The van der Waals surface area contributed by atoms with E-state index in [1.54, 1.807) is 24.3 Å². The molecule has 0 amide bonds. The van der Waals surface area contributed by atoms with Gasteiger partial charge in [-0.05, 0) is 37.3 Å². The van der Waals surface area contributed by atoms with Crippen molar-refractivity contribution in [2.75, 3.05) is 0 Å². The molecule has 4 aromatic rings. The molecule has 0 fully saturated rings. The van der Waals surface area contributed by atoms with Gasteiger partial charge in [0.25, 0.3) is 5.89 Å². The highest BCUT2D eigenvalue weighted by Crippen LogP contribution is 2.27. The molecule has 0 aliphatic heterocycles. The maximum atomic E-state index is 12.2. The zero-order chi connectivity index (χ0) is 16.7. The number of fused-ring (bicyclic) bond motifs is 1. The van der Waals surface area contributed by atoms with Crippen LogP contribution in [-0.4, -0.2) is 10.1 Å². The van der Waals surface area contributed by atoms with Crippen LogP contribution >= 0.6 is 11.6 Å². The summed E-state index contributed by atoms with van der Waals surface area (Å²) in [6.45, 7) is 1.96. The van der Waals surface area contributed by atoms with Gasteiger partial charge < -0.3 is 8.94 Å². The maximum absolute atomic E-state index is 12.2. The number of halogens is 1. The summed E-state index contributed by atoms with van der Waals surface area (Å²) >= 11 is 6.14. The molecule has 0 unspecified atom stereocenters. The molecule has 6 heteroatoms. The van der Waals surface area contributed by atoms with Crippen LogP contribution in [0.15, 0.2) is 62.3 Å². The molecule has 4 rings (SSSR count). The van der Waals surface area contributed by atoms with Crippen LogP contribution in [0.25, 0.3) is 33.8 Å². The van der Waals surface area contributed by atoms with Crippen molar-refractivity contribution in [3.63, 3.8) is 0 Å². The molecule has 24 heavy (non-hydrogen) atoms. The Morgan fingerprint density at radius 2 is 1.88 bits per heavy atom. The van der Waals surface area contributed by atoms with Crippen LogP contribution in [0.2, 0.25) is 5.02 Å². The highest BCUT2D eigenvalue weighted by atomic mass is 35.5. The first-order chi connectivity index (χ1) is 11.6. The van der Waals surface area contributed by atoms with Crippen molar-refractivity contribution >= 4 is 22.6 Å². The second-order valence-electron chi connectivity index (χ2n) is 5.39. The number of benzene rings is 2. The molecule has 0 bridgehead atoms. The molecule has 0 aliphatic carbocycles. The van der Waals surface area contributed by atoms with Crippen LogP contribution in [0.5, 0.6) is 0 Å². The molecule has 0 aliphatic rings. The van der Waals surface area contributed by atoms with E-state index in [1.807, 2.05) is 31.2 Å². The minimum absolute atomic E-state index is 0.0991. The summed E-state index contributed by atoms with van der Waals surface area (Å²) in [6.07, 6.45) is 0. The van der Waals surface area contributed by atoms with E-state index < -0.39 is 5.63 Å². The number of aryl methyl sites for hydroxylation is 1. The van der Waals surface area contributed by atoms with E-state index >= 15 is 0 Å². The maximum Gasteiger partial charge on any atom is 0.349 e. The van der Waals surface area contributed by atoms with Gasteiger partial charge in [-0.1, -0.05) is 40.5 Å². The van der Waals surface area contributed by atoms with Gasteiger partial charge >= 0.3 is 5.63 Å². The van der Waals surface area contributed by atoms with Crippen LogP contribution in [-0.2, 0) is 0 Å². The van der Waals surface area contributed by atoms with E-state index in [1.165, 1.54) is 0 Å². The molecule has 0 spiro atoms. The van der Waals surface area contributed by atoms with Crippen LogP contribution < -0.4 is 5.63 Å². The summed E-state index contributed by atoms with van der Waals surface area (Å²) in [5.74, 6) is 0.418. The summed E-state index contributed by atoms with van der Waals surface area (Å²) in [6, 6.07) is 14.4. The molecular weight excluding hydrogens is 328 g/mol. The summed E-state index contributed by atoms with van der Waals surface area (Å²) in [7, 11) is 0. The average Bonchev–Trinajstić information content (AvgIpc) is 3.04. The molecular formula is C18H11ClN2O3. The lowest BCUT2D eigenvalue weighted by molar-refractivity contribution is 0.429. The van der Waals surface area contributed by atoms with Crippen molar-refractivity contribution in [1.29, 1.82) is 0 Å². The van der Waals surface area contributed by atoms with Gasteiger partial charge in [0.15, 0.2) is 0 Å². The van der Waals surface area contributed by atoms with E-state index in [-0.39, 0.29) is 11.5 Å². The first-order valence-electron chi connectivity index (χ1n) is 7.25. The highest BCUT2D eigenvalue weighted by molar-refractivity contribution is 6.33. The van der Waals surface area contributed by atoms with Crippen LogP contribution in [0.4, 0.5) is 0 Å². The smallest absolute Gasteiger partial charge is 0.349 e. The standard InChI is InChI=1S/C18H11ClN2O3/c1-10-6-7-15-11(8-10)9-13(18(22)23-15)17-20-16(21-24-17)12-4-2-3-5-14(12)19/h2-9H,1H3. The molecule has 2 aromatic carbocycles. The Bertz CT molecular complexity index is 1110. The number of aromatic nitrogens is 2. The van der Waals surface area contributed by atoms with Gasteiger partial charge in [-0.25, -0.2) is 4.79 Å². The lowest BCUT2D eigenvalue weighted by atomic mass is 10.1. The van der Waals surface area contributed by atoms with Gasteiger partial charge in [0.1, 0.15) is 11.1 Å². The molecule has 2 heterocycles. The van der Waals surface area contributed by atoms with Crippen molar-refractivity contribution in [1.82, 2.24) is 10.1 Å². The number of nitrogens with zero attached hydrogens (tertiary/aromatic N) is 2. The second kappa shape index (κ2) is 5.62. The van der Waals surface area contributed by atoms with Crippen LogP contribution in [0, 0.1) is 6.92 Å². The molecule has 0 radical (unpaired) electrons. The van der Waals surface area contributed by atoms with E-state index in [2.05, 4.69) is 10.1 Å². The topological polar surface area (TPSA) is 69.1 Å². The number of hydrogen-bond acceptors (Lipinski definition) is 5. The Kier molecular flexibility index (Phi) is 3.43. The fourth-order valence-electron chi connectivity index (χ4n) is 2.48. The fourth-order valence-corrected chi connectivity index (χ4v) is 2.70. The zero-order valence-electron chi connectivity index (χ0n) is 12.6. The number of hydrogen-bond donors (Lipinski definition) is 0. The SMILES string of the molecule is Cc1ccc2oc(=O)c(-c3nc(-c4ccccc4Cl)no3)cc2c1. The lowest BCUT2D eigenvalue weighted by Crippen LogP contribution is -2.02. The first kappa shape index (κ1) is 14.7.